The summed E-state index contributed by atoms with van der Waals surface area (Å²) in [5, 5.41) is 12.9. The van der Waals surface area contributed by atoms with Gasteiger partial charge in [0.25, 0.3) is 0 Å². The molecule has 1 aromatic rings. The van der Waals surface area contributed by atoms with Gasteiger partial charge in [0.05, 0.1) is 12.2 Å². The molecule has 20 heavy (non-hydrogen) atoms. The van der Waals surface area contributed by atoms with Gasteiger partial charge in [0.2, 0.25) is 5.91 Å². The lowest BCUT2D eigenvalue weighted by atomic mass is 9.80. The molecule has 0 bridgehead atoms. The molecule has 1 aliphatic heterocycles. The Morgan fingerprint density at radius 1 is 1.40 bits per heavy atom. The first-order valence-electron chi connectivity index (χ1n) is 7.37. The summed E-state index contributed by atoms with van der Waals surface area (Å²) < 4.78 is 5.60. The Bertz CT molecular complexity index is 496. The number of ether oxygens (including phenoxy) is 1. The second-order valence-electron chi connectivity index (χ2n) is 5.93. The van der Waals surface area contributed by atoms with Gasteiger partial charge in [-0.3, -0.25) is 4.79 Å². The van der Waals surface area contributed by atoms with Gasteiger partial charge in [0, 0.05) is 13.0 Å². The number of para-hydroxylation sites is 1. The molecule has 108 valence electrons. The molecule has 2 aliphatic rings. The van der Waals surface area contributed by atoms with E-state index in [0.717, 1.165) is 37.0 Å². The van der Waals surface area contributed by atoms with Gasteiger partial charge in [-0.05, 0) is 43.2 Å². The fourth-order valence-corrected chi connectivity index (χ4v) is 2.95. The third kappa shape index (κ3) is 2.80. The number of benzene rings is 1. The van der Waals surface area contributed by atoms with Crippen molar-refractivity contribution in [1.29, 1.82) is 0 Å². The number of carbonyl (C=O) groups excluding carboxylic acids is 1. The van der Waals surface area contributed by atoms with Crippen LogP contribution in [0.3, 0.4) is 0 Å². The minimum atomic E-state index is -0.650. The molecule has 2 N–H and O–H groups in total. The first-order valence-corrected chi connectivity index (χ1v) is 7.37. The molecule has 1 heterocycles. The highest BCUT2D eigenvalue weighted by molar-refractivity contribution is 5.77. The van der Waals surface area contributed by atoms with Crippen LogP contribution in [0.15, 0.2) is 24.3 Å². The summed E-state index contributed by atoms with van der Waals surface area (Å²) in [6, 6.07) is 7.92. The molecule has 1 atom stereocenters. The Morgan fingerprint density at radius 2 is 2.20 bits per heavy atom. The zero-order valence-electron chi connectivity index (χ0n) is 11.6. The zero-order valence-corrected chi connectivity index (χ0v) is 11.6. The third-order valence-electron chi connectivity index (χ3n) is 4.41. The largest absolute Gasteiger partial charge is 0.493 e. The molecule has 0 spiro atoms. The van der Waals surface area contributed by atoms with Crippen molar-refractivity contribution in [2.45, 2.75) is 43.6 Å². The lowest BCUT2D eigenvalue weighted by Gasteiger charge is -2.36. The van der Waals surface area contributed by atoms with E-state index in [4.69, 9.17) is 4.74 Å². The molecule has 1 amide bonds. The zero-order chi connectivity index (χ0) is 14.0. The van der Waals surface area contributed by atoms with Crippen molar-refractivity contribution in [2.24, 2.45) is 0 Å². The summed E-state index contributed by atoms with van der Waals surface area (Å²) in [6.07, 6.45) is 3.99. The van der Waals surface area contributed by atoms with Gasteiger partial charge in [0.1, 0.15) is 5.75 Å². The maximum Gasteiger partial charge on any atom is 0.220 e. The number of amides is 1. The van der Waals surface area contributed by atoms with E-state index in [0.29, 0.717) is 19.6 Å². The average Bonchev–Trinajstić information content (AvgIpc) is 2.43. The fraction of sp³-hybridized carbons (Fsp3) is 0.562. The van der Waals surface area contributed by atoms with Crippen LogP contribution < -0.4 is 10.1 Å². The monoisotopic (exact) mass is 275 g/mol. The van der Waals surface area contributed by atoms with Gasteiger partial charge in [-0.15, -0.1) is 0 Å². The van der Waals surface area contributed by atoms with Crippen molar-refractivity contribution in [1.82, 2.24) is 5.32 Å². The van der Waals surface area contributed by atoms with Gasteiger partial charge in [0.15, 0.2) is 0 Å². The van der Waals surface area contributed by atoms with Crippen LogP contribution in [0.25, 0.3) is 0 Å². The summed E-state index contributed by atoms with van der Waals surface area (Å²) >= 11 is 0. The normalized spacial score (nSPS) is 23.1. The summed E-state index contributed by atoms with van der Waals surface area (Å²) in [6.45, 7) is 1.05. The van der Waals surface area contributed by atoms with E-state index in [9.17, 15) is 9.90 Å². The van der Waals surface area contributed by atoms with E-state index in [-0.39, 0.29) is 11.8 Å². The Labute approximate surface area is 119 Å². The SMILES string of the molecule is O=C(CC1CCOc2ccccc21)NCC1(O)CCC1. The van der Waals surface area contributed by atoms with E-state index in [2.05, 4.69) is 5.32 Å². The quantitative estimate of drug-likeness (QED) is 0.883. The number of hydrogen-bond acceptors (Lipinski definition) is 3. The van der Waals surface area contributed by atoms with Crippen molar-refractivity contribution in [3.05, 3.63) is 29.8 Å². The molecular formula is C16H21NO3. The highest BCUT2D eigenvalue weighted by atomic mass is 16.5. The van der Waals surface area contributed by atoms with Crippen LogP contribution >= 0.6 is 0 Å². The summed E-state index contributed by atoms with van der Waals surface area (Å²) in [7, 11) is 0. The predicted octanol–water partition coefficient (Wildman–Crippen LogP) is 1.97. The van der Waals surface area contributed by atoms with E-state index in [1.807, 2.05) is 24.3 Å². The Kier molecular flexibility index (Phi) is 3.66. The Hall–Kier alpha value is -1.55. The van der Waals surface area contributed by atoms with Gasteiger partial charge in [-0.1, -0.05) is 18.2 Å². The predicted molar refractivity (Wildman–Crippen MR) is 75.7 cm³/mol. The summed E-state index contributed by atoms with van der Waals surface area (Å²) in [4.78, 5) is 12.0. The molecule has 3 rings (SSSR count). The average molecular weight is 275 g/mol. The molecular weight excluding hydrogens is 254 g/mol. The van der Waals surface area contributed by atoms with Crippen LogP contribution in [-0.2, 0) is 4.79 Å². The third-order valence-corrected chi connectivity index (χ3v) is 4.41. The smallest absolute Gasteiger partial charge is 0.220 e. The van der Waals surface area contributed by atoms with E-state index in [1.54, 1.807) is 0 Å². The molecule has 1 saturated carbocycles. The van der Waals surface area contributed by atoms with Gasteiger partial charge >= 0.3 is 0 Å². The Balaban J connectivity index is 1.57. The highest BCUT2D eigenvalue weighted by Gasteiger charge is 2.34. The van der Waals surface area contributed by atoms with Crippen LogP contribution in [0.2, 0.25) is 0 Å². The maximum atomic E-state index is 12.0. The molecule has 1 unspecified atom stereocenters. The van der Waals surface area contributed by atoms with Crippen LogP contribution in [0.4, 0.5) is 0 Å². The van der Waals surface area contributed by atoms with E-state index >= 15 is 0 Å². The summed E-state index contributed by atoms with van der Waals surface area (Å²) in [5.41, 5.74) is 0.472. The second-order valence-corrected chi connectivity index (χ2v) is 5.93. The molecule has 4 nitrogen and oxygen atoms in total. The Morgan fingerprint density at radius 3 is 2.95 bits per heavy atom. The highest BCUT2D eigenvalue weighted by Crippen LogP contribution is 2.35. The molecule has 4 heteroatoms. The maximum absolute atomic E-state index is 12.0. The van der Waals surface area contributed by atoms with Crippen molar-refractivity contribution in [3.63, 3.8) is 0 Å². The van der Waals surface area contributed by atoms with Gasteiger partial charge in [-0.2, -0.15) is 0 Å². The lowest BCUT2D eigenvalue weighted by molar-refractivity contribution is -0.124. The molecule has 1 fully saturated rings. The lowest BCUT2D eigenvalue weighted by Crippen LogP contribution is -2.48. The van der Waals surface area contributed by atoms with Gasteiger partial charge in [-0.25, -0.2) is 0 Å². The first kappa shape index (κ1) is 13.4. The van der Waals surface area contributed by atoms with Crippen molar-refractivity contribution < 1.29 is 14.6 Å². The fourth-order valence-electron chi connectivity index (χ4n) is 2.95. The number of aliphatic hydroxyl groups is 1. The minimum Gasteiger partial charge on any atom is -0.493 e. The van der Waals surface area contributed by atoms with E-state index < -0.39 is 5.60 Å². The topological polar surface area (TPSA) is 58.6 Å². The number of carbonyl (C=O) groups is 1. The number of fused-ring (bicyclic) bond motifs is 1. The minimum absolute atomic E-state index is 0.0204. The molecule has 0 aromatic heterocycles. The van der Waals surface area contributed by atoms with Crippen molar-refractivity contribution in [2.75, 3.05) is 13.2 Å². The summed E-state index contributed by atoms with van der Waals surface area (Å²) in [5.74, 6) is 1.14. The molecule has 0 radical (unpaired) electrons. The standard InChI is InChI=1S/C16H21NO3/c18-15(17-11-16(19)7-3-8-16)10-12-6-9-20-14-5-2-1-4-13(12)14/h1-2,4-5,12,19H,3,6-11H2,(H,17,18). The van der Waals surface area contributed by atoms with Crippen LogP contribution in [0.5, 0.6) is 5.75 Å². The molecule has 1 aromatic carbocycles. The van der Waals surface area contributed by atoms with Crippen molar-refractivity contribution >= 4 is 5.91 Å². The van der Waals surface area contributed by atoms with E-state index in [1.165, 1.54) is 0 Å². The number of hydrogen-bond donors (Lipinski definition) is 2. The van der Waals surface area contributed by atoms with Crippen LogP contribution in [0, 0.1) is 0 Å². The van der Waals surface area contributed by atoms with Gasteiger partial charge < -0.3 is 15.2 Å². The second kappa shape index (κ2) is 5.44. The molecule has 1 aliphatic carbocycles. The van der Waals surface area contributed by atoms with Crippen molar-refractivity contribution in [3.8, 4) is 5.75 Å². The molecule has 0 saturated heterocycles. The first-order chi connectivity index (χ1) is 9.66. The number of rotatable bonds is 4. The number of nitrogens with one attached hydrogen (secondary N) is 1. The van der Waals surface area contributed by atoms with Crippen LogP contribution in [0.1, 0.15) is 43.6 Å². The van der Waals surface area contributed by atoms with Crippen LogP contribution in [-0.4, -0.2) is 29.8 Å².